The number of piperidine rings is 1. The third-order valence-corrected chi connectivity index (χ3v) is 9.22. The first-order valence-electron chi connectivity index (χ1n) is 11.4. The molecule has 1 saturated carbocycles. The van der Waals surface area contributed by atoms with Gasteiger partial charge in [0.05, 0.1) is 6.26 Å². The van der Waals surface area contributed by atoms with Crippen LogP contribution in [0.4, 0.5) is 4.39 Å². The lowest BCUT2D eigenvalue weighted by atomic mass is 9.83. The summed E-state index contributed by atoms with van der Waals surface area (Å²) in [5.41, 5.74) is 1.08. The van der Waals surface area contributed by atoms with Crippen LogP contribution in [0.2, 0.25) is 0 Å². The molecule has 0 unspecified atom stereocenters. The molecule has 170 valence electrons. The molecular weight excluding hydrogens is 467 g/mol. The number of likely N-dealkylation sites (tertiary alicyclic amines) is 1. The van der Waals surface area contributed by atoms with Crippen molar-refractivity contribution < 1.29 is 12.8 Å². The Morgan fingerprint density at radius 2 is 1.77 bits per heavy atom. The molecule has 0 atom stereocenters. The van der Waals surface area contributed by atoms with Crippen molar-refractivity contribution >= 4 is 26.0 Å². The second-order valence-corrected chi connectivity index (χ2v) is 11.9. The number of sulfonamides is 1. The molecule has 2 aliphatic rings. The van der Waals surface area contributed by atoms with E-state index in [1.165, 1.54) is 31.6 Å². The molecule has 1 aromatic carbocycles. The van der Waals surface area contributed by atoms with Gasteiger partial charge in [-0.3, -0.25) is 0 Å². The zero-order chi connectivity index (χ0) is 21.7. The minimum atomic E-state index is -3.09. The number of halogens is 2. The zero-order valence-electron chi connectivity index (χ0n) is 18.3. The van der Waals surface area contributed by atoms with E-state index in [1.54, 1.807) is 10.4 Å². The fourth-order valence-corrected chi connectivity index (χ4v) is 6.90. The largest absolute Gasteiger partial charge is 0.303 e. The predicted molar refractivity (Wildman–Crippen MR) is 125 cm³/mol. The van der Waals surface area contributed by atoms with E-state index in [1.807, 2.05) is 13.0 Å². The lowest BCUT2D eigenvalue weighted by molar-refractivity contribution is 0.156. The summed E-state index contributed by atoms with van der Waals surface area (Å²) >= 11 is 3.55. The number of hydrogen-bond donors (Lipinski definition) is 0. The molecule has 2 fully saturated rings. The summed E-state index contributed by atoms with van der Waals surface area (Å²) in [7, 11) is -3.09. The van der Waals surface area contributed by atoms with Gasteiger partial charge in [-0.05, 0) is 107 Å². The average molecular weight is 504 g/mol. The van der Waals surface area contributed by atoms with Gasteiger partial charge in [0.15, 0.2) is 0 Å². The molecule has 0 aromatic heterocycles. The number of rotatable bonds is 8. The first-order valence-corrected chi connectivity index (χ1v) is 14.0. The molecule has 0 N–H and O–H groups in total. The lowest BCUT2D eigenvalue weighted by Crippen LogP contribution is -2.42. The van der Waals surface area contributed by atoms with Crippen molar-refractivity contribution in [1.82, 2.24) is 9.21 Å². The van der Waals surface area contributed by atoms with E-state index in [4.69, 9.17) is 0 Å². The third-order valence-electron chi connectivity index (χ3n) is 7.04. The van der Waals surface area contributed by atoms with Crippen LogP contribution in [0.15, 0.2) is 22.7 Å². The van der Waals surface area contributed by atoms with Crippen LogP contribution < -0.4 is 0 Å². The summed E-state index contributed by atoms with van der Waals surface area (Å²) in [4.78, 5) is 2.58. The number of benzene rings is 1. The van der Waals surface area contributed by atoms with Crippen molar-refractivity contribution in [2.45, 2.75) is 64.3 Å². The van der Waals surface area contributed by atoms with Crippen molar-refractivity contribution in [3.05, 3.63) is 34.1 Å². The summed E-state index contributed by atoms with van der Waals surface area (Å²) in [5.74, 6) is 1.20. The van der Waals surface area contributed by atoms with Gasteiger partial charge < -0.3 is 4.90 Å². The monoisotopic (exact) mass is 502 g/mol. The SMILES string of the molecule is CCN(C1CCC(CCN2CCC(Cc3cc(F)ccc3Br)CC2)CC1)S(C)(=O)=O. The summed E-state index contributed by atoms with van der Waals surface area (Å²) in [6.45, 7) is 5.92. The first kappa shape index (κ1) is 24.1. The Morgan fingerprint density at radius 1 is 1.10 bits per heavy atom. The molecule has 1 saturated heterocycles. The fourth-order valence-electron chi connectivity index (χ4n) is 5.28. The van der Waals surface area contributed by atoms with Crippen molar-refractivity contribution in [3.8, 4) is 0 Å². The molecule has 0 radical (unpaired) electrons. The summed E-state index contributed by atoms with van der Waals surface area (Å²) in [5, 5.41) is 0. The molecule has 0 spiro atoms. The Kier molecular flexibility index (Phi) is 8.76. The zero-order valence-corrected chi connectivity index (χ0v) is 20.7. The molecule has 4 nitrogen and oxygen atoms in total. The Labute approximate surface area is 190 Å². The van der Waals surface area contributed by atoms with Crippen LogP contribution in [-0.4, -0.2) is 56.1 Å². The Hall–Kier alpha value is -0.500. The van der Waals surface area contributed by atoms with E-state index in [0.717, 1.165) is 67.7 Å². The van der Waals surface area contributed by atoms with Crippen LogP contribution in [0.25, 0.3) is 0 Å². The second kappa shape index (κ2) is 10.9. The van der Waals surface area contributed by atoms with E-state index < -0.39 is 10.0 Å². The fraction of sp³-hybridized carbons (Fsp3) is 0.739. The van der Waals surface area contributed by atoms with E-state index in [-0.39, 0.29) is 11.9 Å². The highest BCUT2D eigenvalue weighted by Gasteiger charge is 2.30. The second-order valence-electron chi connectivity index (χ2n) is 9.15. The molecule has 0 bridgehead atoms. The molecule has 7 heteroatoms. The molecule has 30 heavy (non-hydrogen) atoms. The predicted octanol–water partition coefficient (Wildman–Crippen LogP) is 5.07. The van der Waals surface area contributed by atoms with Crippen molar-refractivity contribution in [1.29, 1.82) is 0 Å². The van der Waals surface area contributed by atoms with Crippen molar-refractivity contribution in [2.24, 2.45) is 11.8 Å². The van der Waals surface area contributed by atoms with E-state index in [9.17, 15) is 12.8 Å². The first-order chi connectivity index (χ1) is 14.3. The van der Waals surface area contributed by atoms with Gasteiger partial charge in [-0.2, -0.15) is 4.31 Å². The van der Waals surface area contributed by atoms with Crippen LogP contribution in [0.3, 0.4) is 0 Å². The standard InChI is InChI=1S/C23H36BrFN2O2S/c1-3-27(30(2,28)29)22-7-4-18(5-8-22)10-13-26-14-11-19(12-15-26)16-20-17-21(25)6-9-23(20)24/h6,9,17-19,22H,3-5,7-8,10-16H2,1-2H3. The highest BCUT2D eigenvalue weighted by atomic mass is 79.9. The molecule has 3 rings (SSSR count). The maximum Gasteiger partial charge on any atom is 0.211 e. The normalized spacial score (nSPS) is 24.4. The lowest BCUT2D eigenvalue weighted by Gasteiger charge is -2.36. The van der Waals surface area contributed by atoms with Gasteiger partial charge in [0, 0.05) is 17.1 Å². The van der Waals surface area contributed by atoms with Gasteiger partial charge in [0.2, 0.25) is 10.0 Å². The molecule has 1 aromatic rings. The molecule has 1 aliphatic carbocycles. The minimum absolute atomic E-state index is 0.154. The molecular formula is C23H36BrFN2O2S. The molecule has 1 aliphatic heterocycles. The van der Waals surface area contributed by atoms with Gasteiger partial charge in [-0.25, -0.2) is 12.8 Å². The number of hydrogen-bond acceptors (Lipinski definition) is 3. The van der Waals surface area contributed by atoms with Crippen LogP contribution in [0.1, 0.15) is 57.4 Å². The summed E-state index contributed by atoms with van der Waals surface area (Å²) in [6.07, 6.45) is 10.1. The minimum Gasteiger partial charge on any atom is -0.303 e. The van der Waals surface area contributed by atoms with Crippen molar-refractivity contribution in [3.63, 3.8) is 0 Å². The number of nitrogens with zero attached hydrogens (tertiary/aromatic N) is 2. The third kappa shape index (κ3) is 6.75. The summed E-state index contributed by atoms with van der Waals surface area (Å²) in [6, 6.07) is 5.17. The molecule has 1 heterocycles. The molecule has 0 amide bonds. The topological polar surface area (TPSA) is 40.6 Å². The maximum absolute atomic E-state index is 13.5. The van der Waals surface area contributed by atoms with E-state index in [0.29, 0.717) is 12.5 Å². The van der Waals surface area contributed by atoms with Gasteiger partial charge in [0.1, 0.15) is 5.82 Å². The van der Waals surface area contributed by atoms with E-state index >= 15 is 0 Å². The van der Waals surface area contributed by atoms with Gasteiger partial charge in [0.25, 0.3) is 0 Å². The smallest absolute Gasteiger partial charge is 0.211 e. The highest BCUT2D eigenvalue weighted by molar-refractivity contribution is 9.10. The average Bonchev–Trinajstić information content (AvgIpc) is 2.71. The van der Waals surface area contributed by atoms with Crippen LogP contribution in [-0.2, 0) is 16.4 Å². The van der Waals surface area contributed by atoms with Crippen LogP contribution >= 0.6 is 15.9 Å². The quantitative estimate of drug-likeness (QED) is 0.497. The summed E-state index contributed by atoms with van der Waals surface area (Å²) < 4.78 is 40.1. The maximum atomic E-state index is 13.5. The van der Waals surface area contributed by atoms with Gasteiger partial charge in [-0.15, -0.1) is 0 Å². The Bertz CT molecular complexity index is 788. The van der Waals surface area contributed by atoms with Crippen molar-refractivity contribution in [2.75, 3.05) is 32.4 Å². The van der Waals surface area contributed by atoms with E-state index in [2.05, 4.69) is 20.8 Å². The van der Waals surface area contributed by atoms with Crippen LogP contribution in [0.5, 0.6) is 0 Å². The van der Waals surface area contributed by atoms with Gasteiger partial charge in [-0.1, -0.05) is 22.9 Å². The van der Waals surface area contributed by atoms with Gasteiger partial charge >= 0.3 is 0 Å². The Balaban J connectivity index is 1.37. The Morgan fingerprint density at radius 3 is 2.37 bits per heavy atom. The highest BCUT2D eigenvalue weighted by Crippen LogP contribution is 2.32. The van der Waals surface area contributed by atoms with Crippen LogP contribution in [0, 0.1) is 17.7 Å².